The Balaban J connectivity index is 1.93. The molecule has 5 heteroatoms. The maximum atomic E-state index is 11.7. The molecule has 0 aliphatic rings. The minimum atomic E-state index is -0.105. The van der Waals surface area contributed by atoms with Crippen molar-refractivity contribution in [3.05, 3.63) is 42.5 Å². The predicted octanol–water partition coefficient (Wildman–Crippen LogP) is 4.26. The van der Waals surface area contributed by atoms with Crippen molar-refractivity contribution in [3.8, 4) is 16.3 Å². The number of nitrogens with zero attached hydrogens (tertiary/aromatic N) is 1. The Bertz CT molecular complexity index is 807. The lowest BCUT2D eigenvalue weighted by Gasteiger charge is -2.09. The number of carbonyl (C=O) groups is 1. The van der Waals surface area contributed by atoms with Crippen LogP contribution in [-0.2, 0) is 4.79 Å². The summed E-state index contributed by atoms with van der Waals surface area (Å²) in [6.07, 6.45) is 0. The summed E-state index contributed by atoms with van der Waals surface area (Å²) in [5, 5.41) is 13.8. The van der Waals surface area contributed by atoms with Gasteiger partial charge in [0.15, 0.2) is 0 Å². The number of rotatable bonds is 3. The molecule has 2 aromatic carbocycles. The second kappa shape index (κ2) is 5.77. The van der Waals surface area contributed by atoms with Crippen molar-refractivity contribution >= 4 is 33.1 Å². The molecular formula is C17H16N2O2S. The summed E-state index contributed by atoms with van der Waals surface area (Å²) >= 11 is 1.53. The molecule has 1 aromatic heterocycles. The van der Waals surface area contributed by atoms with Crippen LogP contribution in [0.4, 0.5) is 5.69 Å². The van der Waals surface area contributed by atoms with Crippen molar-refractivity contribution in [1.82, 2.24) is 4.98 Å². The molecule has 4 nitrogen and oxygen atoms in total. The second-order valence-electron chi connectivity index (χ2n) is 5.36. The third kappa shape index (κ3) is 2.80. The third-order valence-electron chi connectivity index (χ3n) is 3.31. The molecule has 3 aromatic rings. The van der Waals surface area contributed by atoms with Crippen molar-refractivity contribution in [2.45, 2.75) is 13.8 Å². The number of hydrogen-bond acceptors (Lipinski definition) is 4. The number of phenolic OH excluding ortho intramolecular Hbond substituents is 1. The fourth-order valence-corrected chi connectivity index (χ4v) is 3.06. The van der Waals surface area contributed by atoms with Crippen molar-refractivity contribution in [2.75, 3.05) is 5.32 Å². The quantitative estimate of drug-likeness (QED) is 0.759. The smallest absolute Gasteiger partial charge is 0.226 e. The number of benzene rings is 2. The van der Waals surface area contributed by atoms with E-state index < -0.39 is 0 Å². The van der Waals surface area contributed by atoms with Gasteiger partial charge >= 0.3 is 0 Å². The molecule has 0 saturated carbocycles. The van der Waals surface area contributed by atoms with Crippen molar-refractivity contribution in [3.63, 3.8) is 0 Å². The molecule has 2 N–H and O–H groups in total. The molecular weight excluding hydrogens is 296 g/mol. The molecule has 0 spiro atoms. The highest BCUT2D eigenvalue weighted by Gasteiger charge is 2.12. The molecule has 0 saturated heterocycles. The van der Waals surface area contributed by atoms with E-state index in [-0.39, 0.29) is 17.6 Å². The lowest BCUT2D eigenvalue weighted by molar-refractivity contribution is -0.118. The lowest BCUT2D eigenvalue weighted by atomic mass is 10.1. The summed E-state index contributed by atoms with van der Waals surface area (Å²) in [4.78, 5) is 16.2. The van der Waals surface area contributed by atoms with Gasteiger partial charge in [0.1, 0.15) is 10.8 Å². The molecule has 112 valence electrons. The monoisotopic (exact) mass is 312 g/mol. The number of phenols is 1. The third-order valence-corrected chi connectivity index (χ3v) is 4.38. The molecule has 3 rings (SSSR count). The first-order valence-corrected chi connectivity index (χ1v) is 7.86. The van der Waals surface area contributed by atoms with E-state index in [0.717, 1.165) is 15.2 Å². The fourth-order valence-electron chi connectivity index (χ4n) is 2.06. The fraction of sp³-hybridized carbons (Fsp3) is 0.176. The number of aromatic nitrogens is 1. The highest BCUT2D eigenvalue weighted by molar-refractivity contribution is 7.21. The van der Waals surface area contributed by atoms with Crippen LogP contribution in [0, 0.1) is 5.92 Å². The number of hydrogen-bond donors (Lipinski definition) is 2. The Morgan fingerprint density at radius 1 is 1.23 bits per heavy atom. The minimum absolute atomic E-state index is 0.0767. The number of para-hydroxylation sites is 1. The molecule has 0 aliphatic heterocycles. The van der Waals surface area contributed by atoms with Gasteiger partial charge in [0.25, 0.3) is 0 Å². The van der Waals surface area contributed by atoms with E-state index in [0.29, 0.717) is 11.3 Å². The van der Waals surface area contributed by atoms with E-state index in [2.05, 4.69) is 10.3 Å². The standard InChI is InChI=1S/C17H16N2O2S/c1-10(2)16(21)18-11-7-8-12(14(20)9-11)17-19-13-5-3-4-6-15(13)22-17/h3-10,20H,1-2H3,(H,18,21). The zero-order valence-electron chi connectivity index (χ0n) is 12.3. The van der Waals surface area contributed by atoms with Crippen LogP contribution in [0.25, 0.3) is 20.8 Å². The van der Waals surface area contributed by atoms with Gasteiger partial charge in [-0.3, -0.25) is 4.79 Å². The van der Waals surface area contributed by atoms with Gasteiger partial charge in [-0.05, 0) is 24.3 Å². The highest BCUT2D eigenvalue weighted by Crippen LogP contribution is 2.36. The highest BCUT2D eigenvalue weighted by atomic mass is 32.1. The Morgan fingerprint density at radius 2 is 2.00 bits per heavy atom. The van der Waals surface area contributed by atoms with Crippen molar-refractivity contribution in [1.29, 1.82) is 0 Å². The zero-order chi connectivity index (χ0) is 15.7. The van der Waals surface area contributed by atoms with Crippen molar-refractivity contribution in [2.24, 2.45) is 5.92 Å². The number of nitrogens with one attached hydrogen (secondary N) is 1. The van der Waals surface area contributed by atoms with Gasteiger partial charge in [-0.1, -0.05) is 26.0 Å². The maximum absolute atomic E-state index is 11.7. The average Bonchev–Trinajstić information content (AvgIpc) is 2.90. The molecule has 0 fully saturated rings. The van der Waals surface area contributed by atoms with Gasteiger partial charge in [0.05, 0.1) is 15.8 Å². The first-order chi connectivity index (χ1) is 10.5. The minimum Gasteiger partial charge on any atom is -0.507 e. The normalized spacial score (nSPS) is 11.0. The van der Waals surface area contributed by atoms with Gasteiger partial charge in [-0.25, -0.2) is 4.98 Å². The van der Waals surface area contributed by atoms with E-state index >= 15 is 0 Å². The van der Waals surface area contributed by atoms with E-state index in [1.54, 1.807) is 18.2 Å². The molecule has 0 unspecified atom stereocenters. The van der Waals surface area contributed by atoms with Gasteiger partial charge in [-0.15, -0.1) is 11.3 Å². The molecule has 0 aliphatic carbocycles. The van der Waals surface area contributed by atoms with E-state index in [9.17, 15) is 9.90 Å². The Morgan fingerprint density at radius 3 is 2.68 bits per heavy atom. The van der Waals surface area contributed by atoms with Gasteiger partial charge in [-0.2, -0.15) is 0 Å². The van der Waals surface area contributed by atoms with Crippen LogP contribution in [0.5, 0.6) is 5.75 Å². The number of amides is 1. The van der Waals surface area contributed by atoms with Crippen LogP contribution >= 0.6 is 11.3 Å². The number of thiazole rings is 1. The van der Waals surface area contributed by atoms with Gasteiger partial charge in [0.2, 0.25) is 5.91 Å². The Labute approximate surface area is 132 Å². The summed E-state index contributed by atoms with van der Waals surface area (Å²) in [5.74, 6) is -0.0705. The Hall–Kier alpha value is -2.40. The van der Waals surface area contributed by atoms with E-state index in [1.165, 1.54) is 11.3 Å². The summed E-state index contributed by atoms with van der Waals surface area (Å²) < 4.78 is 1.08. The Kier molecular flexibility index (Phi) is 3.81. The molecule has 0 atom stereocenters. The number of carbonyl (C=O) groups excluding carboxylic acids is 1. The average molecular weight is 312 g/mol. The molecule has 1 heterocycles. The van der Waals surface area contributed by atoms with Crippen LogP contribution in [0.15, 0.2) is 42.5 Å². The summed E-state index contributed by atoms with van der Waals surface area (Å²) in [5.41, 5.74) is 2.17. The van der Waals surface area contributed by atoms with E-state index in [4.69, 9.17) is 0 Å². The van der Waals surface area contributed by atoms with E-state index in [1.807, 2.05) is 38.1 Å². The van der Waals surface area contributed by atoms with Gasteiger partial charge in [0, 0.05) is 17.7 Å². The summed E-state index contributed by atoms with van der Waals surface area (Å²) in [6.45, 7) is 3.65. The topological polar surface area (TPSA) is 62.2 Å². The number of anilines is 1. The van der Waals surface area contributed by atoms with Crippen LogP contribution in [0.1, 0.15) is 13.8 Å². The van der Waals surface area contributed by atoms with Crippen LogP contribution in [0.2, 0.25) is 0 Å². The second-order valence-corrected chi connectivity index (χ2v) is 6.39. The first-order valence-electron chi connectivity index (χ1n) is 7.04. The first kappa shape index (κ1) is 14.5. The molecule has 0 bridgehead atoms. The van der Waals surface area contributed by atoms with Crippen molar-refractivity contribution < 1.29 is 9.90 Å². The van der Waals surface area contributed by atoms with Crippen LogP contribution < -0.4 is 5.32 Å². The summed E-state index contributed by atoms with van der Waals surface area (Å²) in [7, 11) is 0. The molecule has 0 radical (unpaired) electrons. The largest absolute Gasteiger partial charge is 0.507 e. The summed E-state index contributed by atoms with van der Waals surface area (Å²) in [6, 6.07) is 13.0. The zero-order valence-corrected chi connectivity index (χ0v) is 13.1. The van der Waals surface area contributed by atoms with Crippen LogP contribution in [-0.4, -0.2) is 16.0 Å². The lowest BCUT2D eigenvalue weighted by Crippen LogP contribution is -2.17. The number of aromatic hydroxyl groups is 1. The predicted molar refractivity (Wildman–Crippen MR) is 90.2 cm³/mol. The molecule has 22 heavy (non-hydrogen) atoms. The van der Waals surface area contributed by atoms with Gasteiger partial charge < -0.3 is 10.4 Å². The SMILES string of the molecule is CC(C)C(=O)Nc1ccc(-c2nc3ccccc3s2)c(O)c1. The van der Waals surface area contributed by atoms with Crippen LogP contribution in [0.3, 0.4) is 0 Å². The molecule has 1 amide bonds. The maximum Gasteiger partial charge on any atom is 0.226 e. The number of fused-ring (bicyclic) bond motifs is 1.